The molecule has 4 aromatic rings. The predicted molar refractivity (Wildman–Crippen MR) is 142 cm³/mol. The molecule has 0 radical (unpaired) electrons. The van der Waals surface area contributed by atoms with Crippen molar-refractivity contribution >= 4 is 51.7 Å². The van der Waals surface area contributed by atoms with Gasteiger partial charge in [-0.1, -0.05) is 17.1 Å². The number of anilines is 5. The van der Waals surface area contributed by atoms with Gasteiger partial charge >= 0.3 is 5.95 Å². The molecule has 5 rings (SSSR count). The van der Waals surface area contributed by atoms with Gasteiger partial charge < -0.3 is 25.6 Å². The molecule has 11 nitrogen and oxygen atoms in total. The average Bonchev–Trinajstić information content (AvgIpc) is 3.50. The number of hydrogen-bond acceptors (Lipinski definition) is 7. The molecule has 0 aliphatic carbocycles. The summed E-state index contributed by atoms with van der Waals surface area (Å²) >= 11 is 0. The summed E-state index contributed by atoms with van der Waals surface area (Å²) in [6.45, 7) is 0.954. The van der Waals surface area contributed by atoms with E-state index < -0.39 is 5.91 Å². The number of methoxy groups -OCH3 is 1. The average molecular weight is 502 g/mol. The Hall–Kier alpha value is -4.64. The summed E-state index contributed by atoms with van der Waals surface area (Å²) in [5, 5.41) is 7.34. The molecule has 190 valence electrons. The fourth-order valence-electron chi connectivity index (χ4n) is 4.50. The number of likely N-dealkylation sites (N-methyl/N-ethyl adjacent to an activating group) is 1. The third-order valence-corrected chi connectivity index (χ3v) is 6.22. The van der Waals surface area contributed by atoms with Crippen molar-refractivity contribution in [1.29, 1.82) is 0 Å². The van der Waals surface area contributed by atoms with Gasteiger partial charge in [-0.05, 0) is 50.3 Å². The van der Waals surface area contributed by atoms with Gasteiger partial charge in [0.15, 0.2) is 5.75 Å². The normalized spacial score (nSPS) is 12.6. The number of primary amides is 1. The molecule has 0 fully saturated rings. The third-order valence-electron chi connectivity index (χ3n) is 6.22. The van der Waals surface area contributed by atoms with Gasteiger partial charge in [0, 0.05) is 18.8 Å². The van der Waals surface area contributed by atoms with Crippen LogP contribution in [0.5, 0.6) is 5.75 Å². The second-order valence-electron chi connectivity index (χ2n) is 9.07. The smallest absolute Gasteiger partial charge is 0.351 e. The summed E-state index contributed by atoms with van der Waals surface area (Å²) in [5.74, 6) is 1.09. The Bertz CT molecular complexity index is 1500. The monoisotopic (exact) mass is 501 g/mol. The van der Waals surface area contributed by atoms with Crippen molar-refractivity contribution in [3.05, 3.63) is 59.8 Å². The van der Waals surface area contributed by atoms with Crippen molar-refractivity contribution in [1.82, 2.24) is 14.9 Å². The largest absolute Gasteiger partial charge is 0.493 e. The highest BCUT2D eigenvalue weighted by molar-refractivity contribution is 6.00. The first-order valence-corrected chi connectivity index (χ1v) is 11.8. The maximum Gasteiger partial charge on any atom is 0.351 e. The molecule has 2 aromatic carbocycles. The van der Waals surface area contributed by atoms with Gasteiger partial charge in [-0.2, -0.15) is 0 Å². The number of fused-ring (bicyclic) bond motifs is 2. The summed E-state index contributed by atoms with van der Waals surface area (Å²) in [5.41, 5.74) is 9.75. The minimum absolute atomic E-state index is 0.0389. The first kappa shape index (κ1) is 24.1. The number of ether oxygens (including phenoxy) is 1. The number of hydrogen-bond donors (Lipinski definition) is 4. The van der Waals surface area contributed by atoms with Crippen molar-refractivity contribution in [2.45, 2.75) is 6.42 Å². The zero-order chi connectivity index (χ0) is 26.1. The van der Waals surface area contributed by atoms with Crippen LogP contribution >= 0.6 is 0 Å². The fraction of sp³-hybridized carbons (Fsp3) is 0.231. The molecule has 1 aliphatic rings. The lowest BCUT2D eigenvalue weighted by atomic mass is 10.1. The molecule has 0 bridgehead atoms. The summed E-state index contributed by atoms with van der Waals surface area (Å²) in [4.78, 5) is 39.6. The van der Waals surface area contributed by atoms with Gasteiger partial charge in [0.25, 0.3) is 5.91 Å². The minimum Gasteiger partial charge on any atom is -0.493 e. The molecule has 0 spiro atoms. The molecule has 2 amide bonds. The molecule has 6 N–H and O–H groups in total. The van der Waals surface area contributed by atoms with Gasteiger partial charge in [-0.25, -0.2) is 4.98 Å². The van der Waals surface area contributed by atoms with E-state index in [1.54, 1.807) is 36.4 Å². The number of rotatable bonds is 8. The highest BCUT2D eigenvalue weighted by Crippen LogP contribution is 2.38. The van der Waals surface area contributed by atoms with E-state index in [9.17, 15) is 9.59 Å². The predicted octanol–water partition coefficient (Wildman–Crippen LogP) is 2.42. The molecule has 0 saturated carbocycles. The first-order chi connectivity index (χ1) is 17.8. The molecular weight excluding hydrogens is 472 g/mol. The van der Waals surface area contributed by atoms with Crippen LogP contribution in [0.15, 0.2) is 48.7 Å². The zero-order valence-corrected chi connectivity index (χ0v) is 20.9. The number of H-pyrrole nitrogens is 2. The number of amides is 2. The van der Waals surface area contributed by atoms with Gasteiger partial charge in [-0.3, -0.25) is 19.9 Å². The Balaban J connectivity index is 1.51. The quantitative estimate of drug-likeness (QED) is 0.290. The SMILES string of the molecule is COc1cc2c(cc1Nc1nc(Nc3ccccc3C(N)=O)c3cc[nH]c3[nH+]1)N(C(=O)CN(C)C)CC2. The number of aromatic nitrogens is 3. The van der Waals surface area contributed by atoms with Crippen LogP contribution < -0.4 is 31.0 Å². The van der Waals surface area contributed by atoms with Gasteiger partial charge in [0.1, 0.15) is 5.69 Å². The highest BCUT2D eigenvalue weighted by Gasteiger charge is 2.28. The Morgan fingerprint density at radius 3 is 2.76 bits per heavy atom. The molecule has 3 heterocycles. The van der Waals surface area contributed by atoms with E-state index in [-0.39, 0.29) is 5.91 Å². The molecule has 0 saturated heterocycles. The molecule has 2 aromatic heterocycles. The van der Waals surface area contributed by atoms with Gasteiger partial charge in [-0.15, -0.1) is 0 Å². The first-order valence-electron chi connectivity index (χ1n) is 11.8. The number of aromatic amines is 2. The number of nitrogens with zero attached hydrogens (tertiary/aromatic N) is 3. The van der Waals surface area contributed by atoms with E-state index in [2.05, 4.69) is 20.6 Å². The summed E-state index contributed by atoms with van der Waals surface area (Å²) in [6.07, 6.45) is 2.55. The van der Waals surface area contributed by atoms with Crippen molar-refractivity contribution in [2.24, 2.45) is 5.73 Å². The van der Waals surface area contributed by atoms with Crippen LogP contribution in [-0.2, 0) is 11.2 Å². The molecular formula is C26H29N8O3+. The summed E-state index contributed by atoms with van der Waals surface area (Å²) in [7, 11) is 5.36. The summed E-state index contributed by atoms with van der Waals surface area (Å²) < 4.78 is 5.65. The van der Waals surface area contributed by atoms with Crippen molar-refractivity contribution < 1.29 is 19.3 Å². The molecule has 0 unspecified atom stereocenters. The Morgan fingerprint density at radius 1 is 1.19 bits per heavy atom. The molecule has 0 atom stereocenters. The minimum atomic E-state index is -0.537. The Morgan fingerprint density at radius 2 is 2.00 bits per heavy atom. The maximum atomic E-state index is 12.8. The number of nitrogens with two attached hydrogens (primary N) is 1. The zero-order valence-electron chi connectivity index (χ0n) is 20.9. The van der Waals surface area contributed by atoms with Crippen molar-refractivity contribution in [2.75, 3.05) is 49.8 Å². The lowest BCUT2D eigenvalue weighted by Crippen LogP contribution is -2.36. The Kier molecular flexibility index (Phi) is 6.36. The number of carbonyl (C=O) groups is 2. The van der Waals surface area contributed by atoms with Crippen molar-refractivity contribution in [3.63, 3.8) is 0 Å². The summed E-state index contributed by atoms with van der Waals surface area (Å²) in [6, 6.07) is 12.7. The number of benzene rings is 2. The van der Waals surface area contributed by atoms with Gasteiger partial charge in [0.05, 0.1) is 36.0 Å². The standard InChI is InChI=1S/C26H28N8O3/c1-33(2)14-22(35)34-11-9-15-12-21(37-3)19(13-20(15)34)30-26-31-24-17(8-10-28-24)25(32-26)29-18-7-5-4-6-16(18)23(27)36/h4-8,10,12-13H,9,11,14H2,1-3H3,(H2,27,36)(H3,28,29,30,31,32)/p+1. The van der Waals surface area contributed by atoms with Crippen LogP contribution in [0.1, 0.15) is 15.9 Å². The number of nitrogens with one attached hydrogen (secondary N) is 4. The lowest BCUT2D eigenvalue weighted by Gasteiger charge is -2.20. The van der Waals surface area contributed by atoms with Crippen LogP contribution in [0.25, 0.3) is 11.0 Å². The second kappa shape index (κ2) is 9.78. The molecule has 1 aliphatic heterocycles. The maximum absolute atomic E-state index is 12.8. The van der Waals surface area contributed by atoms with E-state index >= 15 is 0 Å². The van der Waals surface area contributed by atoms with Crippen LogP contribution in [0, 0.1) is 0 Å². The van der Waals surface area contributed by atoms with E-state index in [0.717, 1.165) is 28.7 Å². The Labute approximate surface area is 213 Å². The second-order valence-corrected chi connectivity index (χ2v) is 9.07. The van der Waals surface area contributed by atoms with E-state index in [4.69, 9.17) is 15.5 Å². The lowest BCUT2D eigenvalue weighted by molar-refractivity contribution is -0.333. The topological polar surface area (TPSA) is 143 Å². The van der Waals surface area contributed by atoms with Crippen LogP contribution in [0.3, 0.4) is 0 Å². The highest BCUT2D eigenvalue weighted by atomic mass is 16.5. The van der Waals surface area contributed by atoms with Crippen LogP contribution in [0.2, 0.25) is 0 Å². The molecule has 37 heavy (non-hydrogen) atoms. The fourth-order valence-corrected chi connectivity index (χ4v) is 4.50. The van der Waals surface area contributed by atoms with E-state index in [0.29, 0.717) is 47.5 Å². The van der Waals surface area contributed by atoms with Crippen molar-refractivity contribution in [3.8, 4) is 5.75 Å². The van der Waals surface area contributed by atoms with Crippen LogP contribution in [0.4, 0.5) is 28.8 Å². The van der Waals surface area contributed by atoms with Gasteiger partial charge in [0.2, 0.25) is 17.4 Å². The molecule has 11 heteroatoms. The third kappa shape index (κ3) is 4.76. The van der Waals surface area contributed by atoms with Crippen LogP contribution in [-0.4, -0.2) is 61.0 Å². The number of para-hydroxylation sites is 1. The van der Waals surface area contributed by atoms with E-state index in [1.165, 1.54) is 0 Å². The van der Waals surface area contributed by atoms with E-state index in [1.807, 2.05) is 43.3 Å². The number of carbonyl (C=O) groups excluding carboxylic acids is 2.